The molecule has 1 unspecified atom stereocenters. The molecule has 8 nitrogen and oxygen atoms in total. The first-order valence-corrected chi connectivity index (χ1v) is 11.2. The quantitative estimate of drug-likeness (QED) is 0.431. The first-order valence-electron chi connectivity index (χ1n) is 11.2. The zero-order valence-electron chi connectivity index (χ0n) is 18.8. The molecule has 1 amide bonds. The maximum absolute atomic E-state index is 12.4. The lowest BCUT2D eigenvalue weighted by molar-refractivity contribution is 0.102. The second-order valence-corrected chi connectivity index (χ2v) is 8.19. The summed E-state index contributed by atoms with van der Waals surface area (Å²) in [5.41, 5.74) is 2.52. The van der Waals surface area contributed by atoms with Crippen molar-refractivity contribution >= 4 is 11.7 Å². The number of rotatable bonds is 7. The fourth-order valence-corrected chi connectivity index (χ4v) is 4.13. The Morgan fingerprint density at radius 3 is 2.68 bits per heavy atom. The fourth-order valence-electron chi connectivity index (χ4n) is 4.13. The van der Waals surface area contributed by atoms with Crippen LogP contribution in [0.2, 0.25) is 0 Å². The lowest BCUT2D eigenvalue weighted by atomic mass is 10.2. The summed E-state index contributed by atoms with van der Waals surface area (Å²) in [5.74, 6) is 2.00. The third-order valence-corrected chi connectivity index (χ3v) is 5.93. The zero-order valence-corrected chi connectivity index (χ0v) is 18.8. The van der Waals surface area contributed by atoms with Crippen molar-refractivity contribution in [2.24, 2.45) is 0 Å². The van der Waals surface area contributed by atoms with Gasteiger partial charge in [-0.3, -0.25) is 9.69 Å². The number of ether oxygens (including phenoxy) is 1. The molecule has 2 aromatic carbocycles. The van der Waals surface area contributed by atoms with E-state index >= 15 is 0 Å². The van der Waals surface area contributed by atoms with E-state index in [-0.39, 0.29) is 11.9 Å². The summed E-state index contributed by atoms with van der Waals surface area (Å²) >= 11 is 0. The molecule has 1 N–H and O–H groups in total. The highest BCUT2D eigenvalue weighted by atomic mass is 16.5. The summed E-state index contributed by atoms with van der Waals surface area (Å²) in [6.07, 6.45) is 3.72. The average Bonchev–Trinajstić information content (AvgIpc) is 3.55. The Kier molecular flexibility index (Phi) is 6.31. The number of pyridine rings is 1. The summed E-state index contributed by atoms with van der Waals surface area (Å²) in [6, 6.07) is 21.0. The Morgan fingerprint density at radius 1 is 1.12 bits per heavy atom. The molecule has 0 saturated carbocycles. The van der Waals surface area contributed by atoms with Crippen LogP contribution in [0.5, 0.6) is 5.75 Å². The van der Waals surface area contributed by atoms with E-state index in [0.29, 0.717) is 28.8 Å². The number of nitrogens with zero attached hydrogens (tertiary/aromatic N) is 4. The van der Waals surface area contributed by atoms with Crippen LogP contribution in [0.3, 0.4) is 0 Å². The molecule has 0 bridgehead atoms. The van der Waals surface area contributed by atoms with Gasteiger partial charge in [-0.15, -0.1) is 0 Å². The molecule has 4 aromatic rings. The van der Waals surface area contributed by atoms with Crippen molar-refractivity contribution in [3.05, 3.63) is 89.9 Å². The van der Waals surface area contributed by atoms with E-state index in [9.17, 15) is 4.79 Å². The van der Waals surface area contributed by atoms with Gasteiger partial charge in [0.2, 0.25) is 11.7 Å². The third kappa shape index (κ3) is 4.82. The highest BCUT2D eigenvalue weighted by Crippen LogP contribution is 2.33. The molecular formula is C26H25N5O3. The SMILES string of the molecule is COc1ccc(C(=O)Nc2ccc(-c3noc(C4CCCN4Cc4ccccc4)n3)cn2)cc1. The van der Waals surface area contributed by atoms with Crippen molar-refractivity contribution in [2.75, 3.05) is 19.0 Å². The van der Waals surface area contributed by atoms with Gasteiger partial charge in [-0.2, -0.15) is 4.98 Å². The second-order valence-electron chi connectivity index (χ2n) is 8.19. The number of hydrogen-bond donors (Lipinski definition) is 1. The van der Waals surface area contributed by atoms with Gasteiger partial charge in [0.15, 0.2) is 0 Å². The Labute approximate surface area is 197 Å². The number of carbonyl (C=O) groups is 1. The molecule has 8 heteroatoms. The van der Waals surface area contributed by atoms with Gasteiger partial charge in [-0.05, 0) is 61.3 Å². The van der Waals surface area contributed by atoms with Crippen LogP contribution in [0.25, 0.3) is 11.4 Å². The number of hydrogen-bond acceptors (Lipinski definition) is 7. The predicted molar refractivity (Wildman–Crippen MR) is 127 cm³/mol. The standard InChI is InChI=1S/C26H25N5O3/c1-33-21-12-9-19(10-13-21)25(32)28-23-14-11-20(16-27-23)24-29-26(34-30-24)22-8-5-15-31(22)17-18-6-3-2-4-7-18/h2-4,6-7,9-14,16,22H,5,8,15,17H2,1H3,(H,27,28,32). The Morgan fingerprint density at radius 2 is 1.94 bits per heavy atom. The van der Waals surface area contributed by atoms with E-state index in [4.69, 9.17) is 9.26 Å². The van der Waals surface area contributed by atoms with Crippen molar-refractivity contribution in [1.29, 1.82) is 0 Å². The van der Waals surface area contributed by atoms with Gasteiger partial charge in [0, 0.05) is 23.9 Å². The largest absolute Gasteiger partial charge is 0.497 e. The Hall–Kier alpha value is -4.04. The van der Waals surface area contributed by atoms with Crippen molar-refractivity contribution in [2.45, 2.75) is 25.4 Å². The van der Waals surface area contributed by atoms with Gasteiger partial charge >= 0.3 is 0 Å². The number of nitrogens with one attached hydrogen (secondary N) is 1. The third-order valence-electron chi connectivity index (χ3n) is 5.93. The van der Waals surface area contributed by atoms with Crippen LogP contribution >= 0.6 is 0 Å². The number of likely N-dealkylation sites (tertiary alicyclic amines) is 1. The smallest absolute Gasteiger partial charge is 0.256 e. The van der Waals surface area contributed by atoms with Crippen LogP contribution in [0.15, 0.2) is 77.4 Å². The van der Waals surface area contributed by atoms with E-state index in [1.165, 1.54) is 5.56 Å². The fraction of sp³-hybridized carbons (Fsp3) is 0.231. The maximum Gasteiger partial charge on any atom is 0.256 e. The molecule has 0 spiro atoms. The molecule has 1 aliphatic rings. The topological polar surface area (TPSA) is 93.4 Å². The maximum atomic E-state index is 12.4. The molecule has 1 atom stereocenters. The van der Waals surface area contributed by atoms with Gasteiger partial charge in [0.25, 0.3) is 5.91 Å². The molecule has 1 saturated heterocycles. The highest BCUT2D eigenvalue weighted by Gasteiger charge is 2.30. The summed E-state index contributed by atoms with van der Waals surface area (Å²) in [7, 11) is 1.59. The number of methoxy groups -OCH3 is 1. The lowest BCUT2D eigenvalue weighted by Crippen LogP contribution is -2.22. The molecule has 0 aliphatic carbocycles. The molecule has 172 valence electrons. The number of carbonyl (C=O) groups excluding carboxylic acids is 1. The highest BCUT2D eigenvalue weighted by molar-refractivity contribution is 6.03. The summed E-state index contributed by atoms with van der Waals surface area (Å²) in [5, 5.41) is 6.97. The van der Waals surface area contributed by atoms with E-state index in [1.807, 2.05) is 12.1 Å². The molecule has 1 fully saturated rings. The van der Waals surface area contributed by atoms with E-state index in [1.54, 1.807) is 43.6 Å². The Balaban J connectivity index is 1.24. The van der Waals surface area contributed by atoms with Crippen LogP contribution in [0.1, 0.15) is 40.7 Å². The Bertz CT molecular complexity index is 1240. The summed E-state index contributed by atoms with van der Waals surface area (Å²) < 4.78 is 10.8. The van der Waals surface area contributed by atoms with Crippen molar-refractivity contribution < 1.29 is 14.1 Å². The summed E-state index contributed by atoms with van der Waals surface area (Å²) in [4.78, 5) is 23.8. The van der Waals surface area contributed by atoms with Crippen LogP contribution in [0, 0.1) is 0 Å². The van der Waals surface area contributed by atoms with Crippen molar-refractivity contribution in [3.63, 3.8) is 0 Å². The van der Waals surface area contributed by atoms with Gasteiger partial charge < -0.3 is 14.6 Å². The van der Waals surface area contributed by atoms with E-state index in [2.05, 4.69) is 49.6 Å². The number of benzene rings is 2. The van der Waals surface area contributed by atoms with Crippen molar-refractivity contribution in [3.8, 4) is 17.1 Å². The molecule has 3 heterocycles. The normalized spacial score (nSPS) is 15.9. The van der Waals surface area contributed by atoms with Crippen LogP contribution in [-0.2, 0) is 6.54 Å². The lowest BCUT2D eigenvalue weighted by Gasteiger charge is -2.21. The first-order chi connectivity index (χ1) is 16.7. The van der Waals surface area contributed by atoms with Crippen LogP contribution in [0.4, 0.5) is 5.82 Å². The average molecular weight is 456 g/mol. The van der Waals surface area contributed by atoms with E-state index < -0.39 is 0 Å². The minimum Gasteiger partial charge on any atom is -0.497 e. The first kappa shape index (κ1) is 21.8. The van der Waals surface area contributed by atoms with Crippen LogP contribution < -0.4 is 10.1 Å². The van der Waals surface area contributed by atoms with Crippen LogP contribution in [-0.4, -0.2) is 39.6 Å². The predicted octanol–water partition coefficient (Wildman–Crippen LogP) is 4.73. The number of amides is 1. The number of anilines is 1. The van der Waals surface area contributed by atoms with Crippen molar-refractivity contribution in [1.82, 2.24) is 20.0 Å². The molecule has 0 radical (unpaired) electrons. The molecule has 1 aliphatic heterocycles. The second kappa shape index (κ2) is 9.84. The number of aromatic nitrogens is 3. The minimum atomic E-state index is -0.246. The van der Waals surface area contributed by atoms with Gasteiger partial charge in [-0.25, -0.2) is 4.98 Å². The monoisotopic (exact) mass is 455 g/mol. The minimum absolute atomic E-state index is 0.109. The van der Waals surface area contributed by atoms with Gasteiger partial charge in [-0.1, -0.05) is 35.5 Å². The summed E-state index contributed by atoms with van der Waals surface area (Å²) in [6.45, 7) is 1.86. The van der Waals surface area contributed by atoms with Gasteiger partial charge in [0.1, 0.15) is 11.6 Å². The molecule has 2 aromatic heterocycles. The van der Waals surface area contributed by atoms with Gasteiger partial charge in [0.05, 0.1) is 13.2 Å². The molecule has 34 heavy (non-hydrogen) atoms. The molecular weight excluding hydrogens is 430 g/mol. The zero-order chi connectivity index (χ0) is 23.3. The van der Waals surface area contributed by atoms with E-state index in [0.717, 1.165) is 31.5 Å². The molecule has 5 rings (SSSR count).